The second kappa shape index (κ2) is 17.9. The third-order valence-electron chi connectivity index (χ3n) is 13.2. The average molecular weight is 853 g/mol. The molecule has 2 amide bonds. The number of alkyl carbamates (subject to hydrolysis) is 1. The highest BCUT2D eigenvalue weighted by Crippen LogP contribution is 2.43. The van der Waals surface area contributed by atoms with E-state index in [1.165, 1.54) is 29.0 Å². The second-order valence-corrected chi connectivity index (χ2v) is 19.8. The molecule has 3 aromatic rings. The molecule has 6 heterocycles. The first-order valence-corrected chi connectivity index (χ1v) is 22.9. The Morgan fingerprint density at radius 3 is 2.55 bits per heavy atom. The number of rotatable bonds is 7. The van der Waals surface area contributed by atoms with Crippen LogP contribution in [-0.4, -0.2) is 132 Å². The molecule has 2 N–H and O–H groups in total. The number of benzene rings is 1. The van der Waals surface area contributed by atoms with Gasteiger partial charge in [0.2, 0.25) is 0 Å². The minimum atomic E-state index is -0.908. The summed E-state index contributed by atoms with van der Waals surface area (Å²) in [7, 11) is 1.74. The SMILES string of the molecule is CCn1c(-c2cc(N3CCN(C4CC4)CC3)cnc2[C@H](C)OC)c2c3cc(ccc31)C1=CCCN(C1)C[C@H](NC(=O)OC(C)(C)C)C(=O)N1CCC[C@H](N1)C(=O)OCC(C)(C)C2. The molecule has 1 unspecified atom stereocenters. The van der Waals surface area contributed by atoms with Crippen molar-refractivity contribution in [1.82, 2.24) is 35.1 Å². The fourth-order valence-electron chi connectivity index (χ4n) is 9.75. The maximum absolute atomic E-state index is 14.3. The molecule has 3 fully saturated rings. The van der Waals surface area contributed by atoms with Crippen LogP contribution < -0.4 is 15.6 Å². The number of piperazine rings is 1. The van der Waals surface area contributed by atoms with Gasteiger partial charge in [-0.05, 0) is 108 Å². The second-order valence-electron chi connectivity index (χ2n) is 19.8. The van der Waals surface area contributed by atoms with E-state index >= 15 is 0 Å². The summed E-state index contributed by atoms with van der Waals surface area (Å²) < 4.78 is 20.2. The number of amides is 2. The van der Waals surface area contributed by atoms with Gasteiger partial charge in [-0.25, -0.2) is 10.2 Å². The van der Waals surface area contributed by atoms with Crippen molar-refractivity contribution in [3.05, 3.63) is 53.4 Å². The van der Waals surface area contributed by atoms with Crippen LogP contribution in [0.25, 0.3) is 27.7 Å². The van der Waals surface area contributed by atoms with Crippen LogP contribution >= 0.6 is 0 Å². The standard InChI is InChI=1S/C48H68N8O6/c1-9-55-41-17-14-32-24-36(41)38(43(55)37-25-35(27-49-42(37)31(2)60-8)54-22-20-53(21-23-54)34-15-16-34)26-48(6,7)30-61-45(58)39-13-11-19-56(51-39)44(57)40(50-46(59)62-47(3,4)5)29-52-18-10-12-33(32)28-52/h12,14,17,24-25,27,31,34,39-40,51H,9-11,13,15-16,18-23,26,28-30H2,1-8H3,(H,50,59)/t31-,39-,40-/m0/s1. The summed E-state index contributed by atoms with van der Waals surface area (Å²) in [6, 6.07) is 8.28. The van der Waals surface area contributed by atoms with Gasteiger partial charge in [-0.2, -0.15) is 0 Å². The molecule has 4 atom stereocenters. The number of nitrogens with zero attached hydrogens (tertiary/aromatic N) is 6. The van der Waals surface area contributed by atoms with Gasteiger partial charge in [0.15, 0.2) is 0 Å². The van der Waals surface area contributed by atoms with E-state index in [2.05, 4.69) is 88.0 Å². The Morgan fingerprint density at radius 2 is 1.84 bits per heavy atom. The van der Waals surface area contributed by atoms with Crippen LogP contribution in [0.2, 0.25) is 0 Å². The molecule has 0 spiro atoms. The molecule has 1 aromatic carbocycles. The topological polar surface area (TPSA) is 134 Å². The van der Waals surface area contributed by atoms with E-state index in [0.29, 0.717) is 32.4 Å². The summed E-state index contributed by atoms with van der Waals surface area (Å²) in [5.41, 5.74) is 10.8. The molecule has 0 radical (unpaired) electrons. The fraction of sp³-hybridized carbons (Fsp3) is 0.625. The Balaban J connectivity index is 1.22. The number of aryl methyl sites for hydroxylation is 1. The number of cyclic esters (lactones) is 1. The number of aromatic nitrogens is 2. The quantitative estimate of drug-likeness (QED) is 0.259. The van der Waals surface area contributed by atoms with Gasteiger partial charge in [0, 0.05) is 93.9 Å². The number of anilines is 1. The molecule has 2 aromatic heterocycles. The number of methoxy groups -OCH3 is 1. The van der Waals surface area contributed by atoms with Crippen molar-refractivity contribution in [3.8, 4) is 11.3 Å². The zero-order valence-electron chi connectivity index (χ0n) is 38.2. The molecule has 6 bridgehead atoms. The van der Waals surface area contributed by atoms with Gasteiger partial charge in [-0.1, -0.05) is 26.0 Å². The first-order valence-electron chi connectivity index (χ1n) is 22.9. The van der Waals surface area contributed by atoms with Gasteiger partial charge in [0.1, 0.15) is 17.7 Å². The number of hydrogen-bond donors (Lipinski definition) is 2. The lowest BCUT2D eigenvalue weighted by atomic mass is 9.84. The molecule has 5 aliphatic rings. The van der Waals surface area contributed by atoms with Crippen LogP contribution in [-0.2, 0) is 36.8 Å². The maximum atomic E-state index is 14.3. The summed E-state index contributed by atoms with van der Waals surface area (Å²) in [6.45, 7) is 21.0. The molecule has 14 nitrogen and oxygen atoms in total. The van der Waals surface area contributed by atoms with Crippen molar-refractivity contribution >= 4 is 40.1 Å². The minimum Gasteiger partial charge on any atom is -0.464 e. The highest BCUT2D eigenvalue weighted by atomic mass is 16.6. The summed E-state index contributed by atoms with van der Waals surface area (Å²) in [6.07, 6.45) is 8.64. The Hall–Kier alpha value is -4.50. The number of nitrogens with one attached hydrogen (secondary N) is 2. The van der Waals surface area contributed by atoms with Gasteiger partial charge >= 0.3 is 12.1 Å². The highest BCUT2D eigenvalue weighted by molar-refractivity contribution is 5.95. The summed E-state index contributed by atoms with van der Waals surface area (Å²) >= 11 is 0. The van der Waals surface area contributed by atoms with Crippen molar-refractivity contribution in [2.24, 2.45) is 5.41 Å². The molecule has 14 heteroatoms. The van der Waals surface area contributed by atoms with Crippen LogP contribution in [0.4, 0.5) is 10.5 Å². The largest absolute Gasteiger partial charge is 0.464 e. The minimum absolute atomic E-state index is 0.184. The number of pyridine rings is 1. The average Bonchev–Trinajstić information content (AvgIpc) is 4.07. The lowest BCUT2D eigenvalue weighted by molar-refractivity contribution is -0.155. The Morgan fingerprint density at radius 1 is 1.06 bits per heavy atom. The van der Waals surface area contributed by atoms with Gasteiger partial charge < -0.3 is 29.0 Å². The summed E-state index contributed by atoms with van der Waals surface area (Å²) in [5.74, 6) is -0.709. The number of esters is 1. The number of ether oxygens (including phenoxy) is 3. The van der Waals surface area contributed by atoms with E-state index < -0.39 is 35.2 Å². The third-order valence-corrected chi connectivity index (χ3v) is 13.2. The molecule has 4 aliphatic heterocycles. The van der Waals surface area contributed by atoms with Gasteiger partial charge in [-0.15, -0.1) is 0 Å². The van der Waals surface area contributed by atoms with Crippen molar-refractivity contribution in [2.45, 2.75) is 123 Å². The van der Waals surface area contributed by atoms with Gasteiger partial charge in [0.25, 0.3) is 5.91 Å². The molecular formula is C48H68N8O6. The Labute approximate surface area is 367 Å². The van der Waals surface area contributed by atoms with Gasteiger partial charge in [0.05, 0.1) is 36.0 Å². The van der Waals surface area contributed by atoms with E-state index in [9.17, 15) is 14.4 Å². The molecule has 336 valence electrons. The van der Waals surface area contributed by atoms with Gasteiger partial charge in [-0.3, -0.25) is 29.4 Å². The number of carbonyl (C=O) groups is 3. The maximum Gasteiger partial charge on any atom is 0.408 e. The molecule has 1 aliphatic carbocycles. The monoisotopic (exact) mass is 853 g/mol. The van der Waals surface area contributed by atoms with Crippen LogP contribution in [0.3, 0.4) is 0 Å². The predicted octanol–water partition coefficient (Wildman–Crippen LogP) is 6.32. The fourth-order valence-corrected chi connectivity index (χ4v) is 9.75. The highest BCUT2D eigenvalue weighted by Gasteiger charge is 2.37. The Bertz CT molecular complexity index is 2180. The first-order chi connectivity index (χ1) is 29.6. The molecule has 8 rings (SSSR count). The van der Waals surface area contributed by atoms with Crippen LogP contribution in [0.1, 0.15) is 103 Å². The summed E-state index contributed by atoms with van der Waals surface area (Å²) in [5, 5.41) is 5.52. The normalized spacial score (nSPS) is 24.6. The number of fused-ring (bicyclic) bond motifs is 6. The zero-order chi connectivity index (χ0) is 43.9. The predicted molar refractivity (Wildman–Crippen MR) is 242 cm³/mol. The van der Waals surface area contributed by atoms with Crippen LogP contribution in [0, 0.1) is 5.41 Å². The third kappa shape index (κ3) is 9.68. The number of hydrogen-bond acceptors (Lipinski definition) is 11. The zero-order valence-corrected chi connectivity index (χ0v) is 38.2. The Kier molecular flexibility index (Phi) is 12.8. The molecule has 1 saturated carbocycles. The van der Waals surface area contributed by atoms with E-state index in [4.69, 9.17) is 19.2 Å². The molecule has 62 heavy (non-hydrogen) atoms. The van der Waals surface area contributed by atoms with Crippen molar-refractivity contribution in [1.29, 1.82) is 0 Å². The van der Waals surface area contributed by atoms with E-state index in [0.717, 1.165) is 90.8 Å². The number of hydrazine groups is 1. The van der Waals surface area contributed by atoms with Crippen LogP contribution in [0.5, 0.6) is 0 Å². The smallest absolute Gasteiger partial charge is 0.408 e. The lowest BCUT2D eigenvalue weighted by Crippen LogP contribution is -2.62. The van der Waals surface area contributed by atoms with Crippen molar-refractivity contribution < 1.29 is 28.6 Å². The van der Waals surface area contributed by atoms with Crippen LogP contribution in [0.15, 0.2) is 36.5 Å². The first kappa shape index (κ1) is 44.1. The lowest BCUT2D eigenvalue weighted by Gasteiger charge is -2.37. The number of carbonyl (C=O) groups excluding carboxylic acids is 3. The van der Waals surface area contributed by atoms with E-state index in [1.807, 2.05) is 6.20 Å². The van der Waals surface area contributed by atoms with Crippen molar-refractivity contribution in [2.75, 3.05) is 71.0 Å². The molecular weight excluding hydrogens is 785 g/mol. The van der Waals surface area contributed by atoms with E-state index in [1.54, 1.807) is 27.9 Å². The van der Waals surface area contributed by atoms with Crippen molar-refractivity contribution in [3.63, 3.8) is 0 Å². The molecule has 2 saturated heterocycles. The van der Waals surface area contributed by atoms with E-state index in [-0.39, 0.29) is 25.2 Å². The summed E-state index contributed by atoms with van der Waals surface area (Å²) in [4.78, 5) is 53.9.